The predicted octanol–water partition coefficient (Wildman–Crippen LogP) is 4.22. The summed E-state index contributed by atoms with van der Waals surface area (Å²) in [6.45, 7) is 1.47. The number of carbonyl (C=O) groups is 2. The van der Waals surface area contributed by atoms with Crippen LogP contribution in [0.5, 0.6) is 5.75 Å². The van der Waals surface area contributed by atoms with E-state index in [9.17, 15) is 9.59 Å². The standard InChI is InChI=1S/C17H15BrClNO4/c1-10-3-6-15(14(19)7-10)20-16(21)9-24-17(22)12-8-11(23-2)4-5-13(12)18/h3-8H,9H2,1-2H3,(H,20,21). The molecular weight excluding hydrogens is 398 g/mol. The van der Waals surface area contributed by atoms with Gasteiger partial charge in [-0.2, -0.15) is 0 Å². The Kier molecular flexibility index (Phi) is 6.23. The summed E-state index contributed by atoms with van der Waals surface area (Å²) in [6, 6.07) is 10.1. The van der Waals surface area contributed by atoms with Gasteiger partial charge in [0.1, 0.15) is 5.75 Å². The van der Waals surface area contributed by atoms with Crippen LogP contribution in [0.25, 0.3) is 0 Å². The van der Waals surface area contributed by atoms with E-state index < -0.39 is 18.5 Å². The van der Waals surface area contributed by atoms with Gasteiger partial charge in [0.2, 0.25) is 0 Å². The molecule has 0 unspecified atom stereocenters. The number of anilines is 1. The van der Waals surface area contributed by atoms with Gasteiger partial charge in [0.25, 0.3) is 5.91 Å². The van der Waals surface area contributed by atoms with E-state index in [-0.39, 0.29) is 5.56 Å². The molecule has 0 aliphatic rings. The van der Waals surface area contributed by atoms with Gasteiger partial charge >= 0.3 is 5.97 Å². The largest absolute Gasteiger partial charge is 0.497 e. The number of amides is 1. The molecule has 0 spiro atoms. The fourth-order valence-electron chi connectivity index (χ4n) is 1.90. The number of halogens is 2. The number of methoxy groups -OCH3 is 1. The molecule has 126 valence electrons. The Bertz CT molecular complexity index is 779. The molecule has 0 bridgehead atoms. The molecule has 1 N–H and O–H groups in total. The smallest absolute Gasteiger partial charge is 0.339 e. The second-order valence-electron chi connectivity index (χ2n) is 4.95. The summed E-state index contributed by atoms with van der Waals surface area (Å²) in [5, 5.41) is 3.02. The van der Waals surface area contributed by atoms with E-state index in [2.05, 4.69) is 21.2 Å². The Balaban J connectivity index is 1.97. The number of ether oxygens (including phenoxy) is 2. The number of nitrogens with one attached hydrogen (secondary N) is 1. The number of benzene rings is 2. The van der Waals surface area contributed by atoms with Crippen molar-refractivity contribution in [2.45, 2.75) is 6.92 Å². The van der Waals surface area contributed by atoms with Gasteiger partial charge in [0, 0.05) is 4.47 Å². The van der Waals surface area contributed by atoms with Crippen molar-refractivity contribution in [2.75, 3.05) is 19.0 Å². The molecule has 0 saturated carbocycles. The number of hydrogen-bond acceptors (Lipinski definition) is 4. The van der Waals surface area contributed by atoms with Crippen LogP contribution < -0.4 is 10.1 Å². The second kappa shape index (κ2) is 8.17. The lowest BCUT2D eigenvalue weighted by atomic mass is 10.2. The molecule has 0 aromatic heterocycles. The highest BCUT2D eigenvalue weighted by atomic mass is 79.9. The summed E-state index contributed by atoms with van der Waals surface area (Å²) in [6.07, 6.45) is 0. The van der Waals surface area contributed by atoms with Gasteiger partial charge in [-0.25, -0.2) is 4.79 Å². The fourth-order valence-corrected chi connectivity index (χ4v) is 2.60. The quantitative estimate of drug-likeness (QED) is 0.747. The average Bonchev–Trinajstić information content (AvgIpc) is 2.55. The van der Waals surface area contributed by atoms with Gasteiger partial charge in [-0.1, -0.05) is 17.7 Å². The molecule has 2 rings (SSSR count). The summed E-state index contributed by atoms with van der Waals surface area (Å²) in [5.41, 5.74) is 1.72. The highest BCUT2D eigenvalue weighted by Crippen LogP contribution is 2.24. The van der Waals surface area contributed by atoms with Crippen molar-refractivity contribution in [2.24, 2.45) is 0 Å². The summed E-state index contributed by atoms with van der Waals surface area (Å²) >= 11 is 9.31. The molecule has 0 aliphatic heterocycles. The van der Waals surface area contributed by atoms with E-state index >= 15 is 0 Å². The van der Waals surface area contributed by atoms with Crippen molar-refractivity contribution in [3.05, 3.63) is 57.0 Å². The Labute approximate surface area is 153 Å². The van der Waals surface area contributed by atoms with Crippen LogP contribution in [-0.2, 0) is 9.53 Å². The lowest BCUT2D eigenvalue weighted by molar-refractivity contribution is -0.119. The zero-order valence-electron chi connectivity index (χ0n) is 13.1. The molecule has 0 fully saturated rings. The minimum Gasteiger partial charge on any atom is -0.497 e. The first-order valence-corrected chi connectivity index (χ1v) is 8.14. The van der Waals surface area contributed by atoms with E-state index in [4.69, 9.17) is 21.1 Å². The molecule has 1 amide bonds. The van der Waals surface area contributed by atoms with Crippen molar-refractivity contribution in [3.8, 4) is 5.75 Å². The van der Waals surface area contributed by atoms with Crippen molar-refractivity contribution in [1.29, 1.82) is 0 Å². The zero-order valence-corrected chi connectivity index (χ0v) is 15.4. The van der Waals surface area contributed by atoms with Crippen LogP contribution in [0.15, 0.2) is 40.9 Å². The van der Waals surface area contributed by atoms with E-state index in [1.165, 1.54) is 13.2 Å². The van der Waals surface area contributed by atoms with Gasteiger partial charge in [-0.05, 0) is 58.7 Å². The third-order valence-corrected chi connectivity index (χ3v) is 4.13. The minimum atomic E-state index is -0.633. The highest BCUT2D eigenvalue weighted by Gasteiger charge is 2.15. The lowest BCUT2D eigenvalue weighted by Crippen LogP contribution is -2.21. The topological polar surface area (TPSA) is 64.6 Å². The first kappa shape index (κ1) is 18.3. The van der Waals surface area contributed by atoms with Crippen molar-refractivity contribution >= 4 is 45.1 Å². The number of carbonyl (C=O) groups excluding carboxylic acids is 2. The summed E-state index contributed by atoms with van der Waals surface area (Å²) in [5.74, 6) is -0.597. The monoisotopic (exact) mass is 411 g/mol. The minimum absolute atomic E-state index is 0.274. The maximum Gasteiger partial charge on any atom is 0.339 e. The molecule has 7 heteroatoms. The molecule has 0 aliphatic carbocycles. The average molecular weight is 413 g/mol. The SMILES string of the molecule is COc1ccc(Br)c(C(=O)OCC(=O)Nc2ccc(C)cc2Cl)c1. The number of hydrogen-bond donors (Lipinski definition) is 1. The molecule has 0 heterocycles. The summed E-state index contributed by atoms with van der Waals surface area (Å²) in [4.78, 5) is 24.0. The summed E-state index contributed by atoms with van der Waals surface area (Å²) in [7, 11) is 1.50. The molecule has 2 aromatic carbocycles. The van der Waals surface area contributed by atoms with Crippen LogP contribution in [0.4, 0.5) is 5.69 Å². The van der Waals surface area contributed by atoms with Gasteiger partial charge in [-0.15, -0.1) is 0 Å². The van der Waals surface area contributed by atoms with Crippen LogP contribution in [0.1, 0.15) is 15.9 Å². The van der Waals surface area contributed by atoms with E-state index in [0.717, 1.165) is 5.56 Å². The molecule has 2 aromatic rings. The van der Waals surface area contributed by atoms with Crippen LogP contribution in [0, 0.1) is 6.92 Å². The van der Waals surface area contributed by atoms with E-state index in [0.29, 0.717) is 20.9 Å². The number of esters is 1. The number of aryl methyl sites for hydroxylation is 1. The predicted molar refractivity (Wildman–Crippen MR) is 95.8 cm³/mol. The maximum absolute atomic E-state index is 12.1. The Hall–Kier alpha value is -2.05. The van der Waals surface area contributed by atoms with Crippen molar-refractivity contribution in [1.82, 2.24) is 0 Å². The molecule has 0 atom stereocenters. The van der Waals surface area contributed by atoms with Crippen molar-refractivity contribution < 1.29 is 19.1 Å². The summed E-state index contributed by atoms with van der Waals surface area (Å²) < 4.78 is 10.6. The molecular formula is C17H15BrClNO4. The molecule has 5 nitrogen and oxygen atoms in total. The van der Waals surface area contributed by atoms with E-state index in [1.807, 2.05) is 13.0 Å². The van der Waals surface area contributed by atoms with Crippen molar-refractivity contribution in [3.63, 3.8) is 0 Å². The van der Waals surface area contributed by atoms with Crippen LogP contribution in [0.2, 0.25) is 5.02 Å². The van der Waals surface area contributed by atoms with E-state index in [1.54, 1.807) is 24.3 Å². The third-order valence-electron chi connectivity index (χ3n) is 3.13. The Morgan fingerprint density at radius 1 is 1.21 bits per heavy atom. The third kappa shape index (κ3) is 4.72. The first-order chi connectivity index (χ1) is 11.4. The van der Waals surface area contributed by atoms with Crippen LogP contribution >= 0.6 is 27.5 Å². The first-order valence-electron chi connectivity index (χ1n) is 6.97. The van der Waals surface area contributed by atoms with Gasteiger partial charge in [-0.3, -0.25) is 4.79 Å². The molecule has 24 heavy (non-hydrogen) atoms. The Morgan fingerprint density at radius 3 is 2.62 bits per heavy atom. The maximum atomic E-state index is 12.1. The normalized spacial score (nSPS) is 10.2. The second-order valence-corrected chi connectivity index (χ2v) is 6.21. The fraction of sp³-hybridized carbons (Fsp3) is 0.176. The Morgan fingerprint density at radius 2 is 1.96 bits per heavy atom. The molecule has 0 radical (unpaired) electrons. The van der Waals surface area contributed by atoms with Gasteiger partial charge < -0.3 is 14.8 Å². The van der Waals surface area contributed by atoms with Crippen LogP contribution in [-0.4, -0.2) is 25.6 Å². The van der Waals surface area contributed by atoms with Gasteiger partial charge in [0.05, 0.1) is 23.4 Å². The zero-order chi connectivity index (χ0) is 17.7. The van der Waals surface area contributed by atoms with Crippen LogP contribution in [0.3, 0.4) is 0 Å². The number of rotatable bonds is 5. The molecule has 0 saturated heterocycles. The lowest BCUT2D eigenvalue weighted by Gasteiger charge is -2.10. The highest BCUT2D eigenvalue weighted by molar-refractivity contribution is 9.10. The van der Waals surface area contributed by atoms with Gasteiger partial charge in [0.15, 0.2) is 6.61 Å².